The fourth-order valence-corrected chi connectivity index (χ4v) is 3.44. The minimum absolute atomic E-state index is 0.0460. The maximum atomic E-state index is 12.8. The summed E-state index contributed by atoms with van der Waals surface area (Å²) in [4.78, 5) is 12.1. The van der Waals surface area contributed by atoms with Crippen molar-refractivity contribution in [1.82, 2.24) is 4.31 Å². The van der Waals surface area contributed by atoms with E-state index in [1.165, 1.54) is 12.1 Å². The van der Waals surface area contributed by atoms with Crippen LogP contribution in [0.5, 0.6) is 0 Å². The fourth-order valence-electron chi connectivity index (χ4n) is 1.95. The molecule has 6 heteroatoms. The van der Waals surface area contributed by atoms with Gasteiger partial charge < -0.3 is 4.74 Å². The monoisotopic (exact) mass is 333 g/mol. The number of hydrogen-bond acceptors (Lipinski definition) is 4. The number of rotatable bonds is 7. The van der Waals surface area contributed by atoms with E-state index in [9.17, 15) is 13.2 Å². The first-order chi connectivity index (χ1) is 10.9. The summed E-state index contributed by atoms with van der Waals surface area (Å²) in [5, 5.41) is 0. The number of benzene rings is 1. The molecule has 0 bridgehead atoms. The summed E-state index contributed by atoms with van der Waals surface area (Å²) in [5.74, 6) is 3.85. The molecule has 0 N–H and O–H groups in total. The minimum Gasteiger partial charge on any atom is -0.465 e. The molecular weight excluding hydrogens is 314 g/mol. The van der Waals surface area contributed by atoms with Crippen LogP contribution in [0.2, 0.25) is 0 Å². The molecule has 1 unspecified atom stereocenters. The highest BCUT2D eigenvalue weighted by Gasteiger charge is 2.35. The van der Waals surface area contributed by atoms with Crippen molar-refractivity contribution in [1.29, 1.82) is 0 Å². The average Bonchev–Trinajstić information content (AvgIpc) is 2.51. The maximum absolute atomic E-state index is 12.8. The Balaban J connectivity index is 3.31. The molecule has 0 radical (unpaired) electrons. The third kappa shape index (κ3) is 4.59. The van der Waals surface area contributed by atoms with E-state index in [0.29, 0.717) is 0 Å². The average molecular weight is 333 g/mol. The number of terminal acetylenes is 2. The Morgan fingerprint density at radius 1 is 1.26 bits per heavy atom. The van der Waals surface area contributed by atoms with Crippen molar-refractivity contribution in [2.75, 3.05) is 13.2 Å². The van der Waals surface area contributed by atoms with E-state index in [4.69, 9.17) is 17.6 Å². The van der Waals surface area contributed by atoms with E-state index in [0.717, 1.165) is 9.87 Å². The van der Waals surface area contributed by atoms with Gasteiger partial charge in [0.15, 0.2) is 0 Å². The number of ether oxygens (including phenoxy) is 1. The zero-order chi connectivity index (χ0) is 17.5. The lowest BCUT2D eigenvalue weighted by Gasteiger charge is -2.26. The van der Waals surface area contributed by atoms with Crippen molar-refractivity contribution in [3.8, 4) is 24.7 Å². The molecule has 5 nitrogen and oxygen atoms in total. The quantitative estimate of drug-likeness (QED) is 0.561. The molecule has 0 aliphatic heterocycles. The van der Waals surface area contributed by atoms with Crippen LogP contribution in [0.3, 0.4) is 0 Å². The molecule has 0 heterocycles. The molecule has 122 valence electrons. The van der Waals surface area contributed by atoms with E-state index in [1.54, 1.807) is 19.1 Å². The molecule has 0 aliphatic carbocycles. The lowest BCUT2D eigenvalue weighted by Crippen LogP contribution is -2.45. The van der Waals surface area contributed by atoms with E-state index in [2.05, 4.69) is 11.8 Å². The van der Waals surface area contributed by atoms with Crippen LogP contribution in [-0.4, -0.2) is 37.9 Å². The van der Waals surface area contributed by atoms with Gasteiger partial charge in [0.1, 0.15) is 6.04 Å². The Morgan fingerprint density at radius 2 is 1.87 bits per heavy atom. The normalized spacial score (nSPS) is 12.2. The van der Waals surface area contributed by atoms with Crippen molar-refractivity contribution >= 4 is 16.0 Å². The van der Waals surface area contributed by atoms with Crippen LogP contribution in [-0.2, 0) is 19.6 Å². The smallest absolute Gasteiger partial charge is 0.325 e. The van der Waals surface area contributed by atoms with Gasteiger partial charge in [-0.2, -0.15) is 4.31 Å². The molecule has 0 aromatic heterocycles. The third-order valence-electron chi connectivity index (χ3n) is 3.09. The molecule has 0 spiro atoms. The van der Waals surface area contributed by atoms with Gasteiger partial charge in [-0.25, -0.2) is 8.42 Å². The number of carbonyl (C=O) groups excluding carboxylic acids is 1. The number of hydrogen-bond donors (Lipinski definition) is 0. The van der Waals surface area contributed by atoms with E-state index < -0.39 is 22.0 Å². The number of sulfonamides is 1. The minimum atomic E-state index is -3.97. The molecule has 0 saturated carbocycles. The summed E-state index contributed by atoms with van der Waals surface area (Å²) in [6, 6.07) is 5.11. The molecule has 1 atom stereocenters. The summed E-state index contributed by atoms with van der Waals surface area (Å²) in [6.07, 6.45) is 10.4. The van der Waals surface area contributed by atoms with Crippen LogP contribution in [0.25, 0.3) is 0 Å². The highest BCUT2D eigenvalue weighted by atomic mass is 32.2. The summed E-state index contributed by atoms with van der Waals surface area (Å²) >= 11 is 0. The summed E-state index contributed by atoms with van der Waals surface area (Å²) < 4.78 is 31.5. The van der Waals surface area contributed by atoms with E-state index in [1.807, 2.05) is 6.92 Å². The number of aryl methyl sites for hydroxylation is 1. The van der Waals surface area contributed by atoms with Gasteiger partial charge in [0.05, 0.1) is 18.0 Å². The molecule has 23 heavy (non-hydrogen) atoms. The topological polar surface area (TPSA) is 63.7 Å². The summed E-state index contributed by atoms with van der Waals surface area (Å²) in [7, 11) is -3.97. The molecule has 1 rings (SSSR count). The Kier molecular flexibility index (Phi) is 6.84. The van der Waals surface area contributed by atoms with E-state index >= 15 is 0 Å². The Labute approximate surface area is 137 Å². The standard InChI is InChI=1S/C17H19NO4S/c1-5-8-16(17(19)22-7-3)18(13-6-2)23(20,21)15-11-9-14(4)10-12-15/h1-2,9-12,16H,7-8,13H2,3-4H3. The van der Waals surface area contributed by atoms with Crippen LogP contribution in [0.1, 0.15) is 18.9 Å². The van der Waals surface area contributed by atoms with Gasteiger partial charge in [0.25, 0.3) is 0 Å². The van der Waals surface area contributed by atoms with Crippen LogP contribution in [0, 0.1) is 31.6 Å². The summed E-state index contributed by atoms with van der Waals surface area (Å²) in [5.41, 5.74) is 0.915. The zero-order valence-electron chi connectivity index (χ0n) is 13.2. The molecule has 0 fully saturated rings. The second-order valence-corrected chi connectivity index (χ2v) is 6.63. The third-order valence-corrected chi connectivity index (χ3v) is 4.96. The summed E-state index contributed by atoms with van der Waals surface area (Å²) in [6.45, 7) is 3.32. The first-order valence-electron chi connectivity index (χ1n) is 7.00. The lowest BCUT2D eigenvalue weighted by atomic mass is 10.2. The zero-order valence-corrected chi connectivity index (χ0v) is 14.0. The van der Waals surface area contributed by atoms with Crippen LogP contribution in [0.4, 0.5) is 0 Å². The first-order valence-corrected chi connectivity index (χ1v) is 8.44. The van der Waals surface area contributed by atoms with Crippen molar-refractivity contribution in [3.05, 3.63) is 29.8 Å². The predicted molar refractivity (Wildman–Crippen MR) is 87.8 cm³/mol. The maximum Gasteiger partial charge on any atom is 0.325 e. The van der Waals surface area contributed by atoms with Gasteiger partial charge in [0, 0.05) is 6.42 Å². The van der Waals surface area contributed by atoms with Gasteiger partial charge in [-0.1, -0.05) is 23.6 Å². The SMILES string of the molecule is C#CCC(C(=O)OCC)N(CC#C)S(=O)(=O)c1ccc(C)cc1. The molecule has 1 aromatic carbocycles. The lowest BCUT2D eigenvalue weighted by molar-refractivity contribution is -0.147. The second kappa shape index (κ2) is 8.38. The van der Waals surface area contributed by atoms with Gasteiger partial charge in [-0.05, 0) is 26.0 Å². The van der Waals surface area contributed by atoms with Gasteiger partial charge >= 0.3 is 5.97 Å². The van der Waals surface area contributed by atoms with Gasteiger partial charge in [-0.15, -0.1) is 18.8 Å². The Bertz CT molecular complexity index is 723. The van der Waals surface area contributed by atoms with Crippen LogP contribution >= 0.6 is 0 Å². The Morgan fingerprint density at radius 3 is 2.35 bits per heavy atom. The largest absolute Gasteiger partial charge is 0.465 e. The van der Waals surface area contributed by atoms with Crippen LogP contribution < -0.4 is 0 Å². The molecule has 0 saturated heterocycles. The van der Waals surface area contributed by atoms with Crippen molar-refractivity contribution < 1.29 is 17.9 Å². The first kappa shape index (κ1) is 18.8. The number of carbonyl (C=O) groups is 1. The number of esters is 1. The fraction of sp³-hybridized carbons (Fsp3) is 0.353. The Hall–Kier alpha value is -2.28. The van der Waals surface area contributed by atoms with Gasteiger partial charge in [-0.3, -0.25) is 4.79 Å². The second-order valence-electron chi connectivity index (χ2n) is 4.74. The number of nitrogens with zero attached hydrogens (tertiary/aromatic N) is 1. The van der Waals surface area contributed by atoms with Crippen molar-refractivity contribution in [2.45, 2.75) is 31.2 Å². The van der Waals surface area contributed by atoms with Crippen molar-refractivity contribution in [3.63, 3.8) is 0 Å². The van der Waals surface area contributed by atoms with E-state index in [-0.39, 0.29) is 24.5 Å². The van der Waals surface area contributed by atoms with Crippen molar-refractivity contribution in [2.24, 2.45) is 0 Å². The predicted octanol–water partition coefficient (Wildman–Crippen LogP) is 1.57. The van der Waals surface area contributed by atoms with Gasteiger partial charge in [0.2, 0.25) is 10.0 Å². The molecular formula is C17H19NO4S. The highest BCUT2D eigenvalue weighted by molar-refractivity contribution is 7.89. The molecule has 0 aliphatic rings. The highest BCUT2D eigenvalue weighted by Crippen LogP contribution is 2.20. The van der Waals surface area contributed by atoms with Crippen LogP contribution in [0.15, 0.2) is 29.2 Å². The molecule has 0 amide bonds. The molecule has 1 aromatic rings.